The molecule has 0 aliphatic carbocycles. The maximum Gasteiger partial charge on any atom is 0.238 e. The third kappa shape index (κ3) is 3.67. The minimum absolute atomic E-state index is 0.129. The van der Waals surface area contributed by atoms with Crippen LogP contribution in [0.15, 0.2) is 59.6 Å². The zero-order chi connectivity index (χ0) is 17.2. The van der Waals surface area contributed by atoms with Crippen LogP contribution in [0.25, 0.3) is 10.9 Å². The van der Waals surface area contributed by atoms with Gasteiger partial charge in [0.05, 0.1) is 4.90 Å². The van der Waals surface area contributed by atoms with Gasteiger partial charge in [-0.15, -0.1) is 0 Å². The van der Waals surface area contributed by atoms with Crippen molar-refractivity contribution in [3.05, 3.63) is 65.9 Å². The summed E-state index contributed by atoms with van der Waals surface area (Å²) in [6.07, 6.45) is 2.97. The Labute approximate surface area is 141 Å². The van der Waals surface area contributed by atoms with Crippen LogP contribution >= 0.6 is 0 Å². The number of aromatic amines is 1. The molecule has 3 aromatic rings. The highest BCUT2D eigenvalue weighted by Crippen LogP contribution is 2.19. The van der Waals surface area contributed by atoms with E-state index in [0.29, 0.717) is 0 Å². The predicted molar refractivity (Wildman–Crippen MR) is 96.2 cm³/mol. The van der Waals surface area contributed by atoms with Crippen molar-refractivity contribution < 1.29 is 8.42 Å². The molecule has 3 rings (SSSR count). The van der Waals surface area contributed by atoms with Gasteiger partial charge in [-0.25, -0.2) is 13.6 Å². The van der Waals surface area contributed by atoms with Crippen molar-refractivity contribution in [2.75, 3.05) is 6.54 Å². The Kier molecular flexibility index (Phi) is 4.71. The molecule has 1 heterocycles. The number of nitrogens with one attached hydrogen (secondary N) is 2. The fourth-order valence-corrected chi connectivity index (χ4v) is 3.34. The first-order chi connectivity index (χ1) is 11.4. The van der Waals surface area contributed by atoms with Crippen LogP contribution in [-0.4, -0.2) is 19.9 Å². The van der Waals surface area contributed by atoms with Gasteiger partial charge in [0.15, 0.2) is 0 Å². The van der Waals surface area contributed by atoms with Gasteiger partial charge in [0.2, 0.25) is 10.0 Å². The molecule has 6 heteroatoms. The molecule has 0 fully saturated rings. The van der Waals surface area contributed by atoms with Crippen molar-refractivity contribution in [1.29, 1.82) is 0 Å². The first-order valence-electron chi connectivity index (χ1n) is 7.86. The molecule has 0 saturated carbocycles. The van der Waals surface area contributed by atoms with Gasteiger partial charge < -0.3 is 10.3 Å². The molecule has 0 saturated heterocycles. The summed E-state index contributed by atoms with van der Waals surface area (Å²) in [5.41, 5.74) is 3.47. The molecule has 4 N–H and O–H groups in total. The molecule has 0 amide bonds. The van der Waals surface area contributed by atoms with Gasteiger partial charge >= 0.3 is 0 Å². The van der Waals surface area contributed by atoms with Gasteiger partial charge in [-0.3, -0.25) is 0 Å². The molecule has 0 unspecified atom stereocenters. The van der Waals surface area contributed by atoms with Crippen molar-refractivity contribution in [3.8, 4) is 0 Å². The van der Waals surface area contributed by atoms with Crippen molar-refractivity contribution in [3.63, 3.8) is 0 Å². The van der Waals surface area contributed by atoms with Crippen LogP contribution in [0.3, 0.4) is 0 Å². The monoisotopic (exact) mass is 343 g/mol. The van der Waals surface area contributed by atoms with Crippen LogP contribution < -0.4 is 10.5 Å². The Balaban J connectivity index is 1.60. The summed E-state index contributed by atoms with van der Waals surface area (Å²) in [5.74, 6) is 0. The molecule has 0 radical (unpaired) electrons. The van der Waals surface area contributed by atoms with E-state index in [1.54, 1.807) is 24.3 Å². The molecule has 24 heavy (non-hydrogen) atoms. The predicted octanol–water partition coefficient (Wildman–Crippen LogP) is 2.71. The highest BCUT2D eigenvalue weighted by molar-refractivity contribution is 7.89. The number of sulfonamides is 1. The second-order valence-electron chi connectivity index (χ2n) is 5.90. The zero-order valence-electron chi connectivity index (χ0n) is 13.5. The van der Waals surface area contributed by atoms with Crippen molar-refractivity contribution >= 4 is 20.9 Å². The molecule has 0 aliphatic heterocycles. The van der Waals surface area contributed by atoms with Crippen molar-refractivity contribution in [2.24, 2.45) is 5.14 Å². The van der Waals surface area contributed by atoms with Gasteiger partial charge in [0.1, 0.15) is 0 Å². The smallest absolute Gasteiger partial charge is 0.238 e. The molecule has 0 spiro atoms. The largest absolute Gasteiger partial charge is 0.361 e. The van der Waals surface area contributed by atoms with E-state index in [-0.39, 0.29) is 10.9 Å². The van der Waals surface area contributed by atoms with E-state index >= 15 is 0 Å². The number of H-pyrrole nitrogens is 1. The van der Waals surface area contributed by atoms with E-state index in [1.165, 1.54) is 10.9 Å². The molecule has 1 atom stereocenters. The molecule has 2 aromatic carbocycles. The highest BCUT2D eigenvalue weighted by atomic mass is 32.2. The van der Waals surface area contributed by atoms with E-state index < -0.39 is 10.0 Å². The lowest BCUT2D eigenvalue weighted by Gasteiger charge is -2.14. The number of primary sulfonamides is 1. The lowest BCUT2D eigenvalue weighted by molar-refractivity contribution is 0.576. The van der Waals surface area contributed by atoms with Gasteiger partial charge in [-0.2, -0.15) is 0 Å². The van der Waals surface area contributed by atoms with Gasteiger partial charge in [-0.1, -0.05) is 30.3 Å². The number of fused-ring (bicyclic) bond motifs is 1. The number of hydrogen-bond donors (Lipinski definition) is 3. The Morgan fingerprint density at radius 2 is 1.83 bits per heavy atom. The fraction of sp³-hybridized carbons (Fsp3) is 0.222. The number of nitrogens with two attached hydrogens (primary N) is 1. The number of rotatable bonds is 6. The number of para-hydroxylation sites is 1. The van der Waals surface area contributed by atoms with Crippen molar-refractivity contribution in [1.82, 2.24) is 10.3 Å². The third-order valence-corrected chi connectivity index (χ3v) is 5.16. The zero-order valence-corrected chi connectivity index (χ0v) is 14.3. The molecule has 5 nitrogen and oxygen atoms in total. The minimum Gasteiger partial charge on any atom is -0.361 e. The Hall–Kier alpha value is -2.15. The van der Waals surface area contributed by atoms with Gasteiger partial charge in [0.25, 0.3) is 0 Å². The number of benzene rings is 2. The number of aromatic nitrogens is 1. The quantitative estimate of drug-likeness (QED) is 0.643. The normalized spacial score (nSPS) is 13.2. The Bertz CT molecular complexity index is 930. The van der Waals surface area contributed by atoms with E-state index in [9.17, 15) is 8.42 Å². The van der Waals surface area contributed by atoms with E-state index in [2.05, 4.69) is 35.6 Å². The fourth-order valence-electron chi connectivity index (χ4n) is 2.83. The Morgan fingerprint density at radius 1 is 1.12 bits per heavy atom. The topological polar surface area (TPSA) is 88.0 Å². The first-order valence-corrected chi connectivity index (χ1v) is 9.41. The maximum atomic E-state index is 11.3. The maximum absolute atomic E-state index is 11.3. The summed E-state index contributed by atoms with van der Waals surface area (Å²) >= 11 is 0. The van der Waals surface area contributed by atoms with E-state index in [1.807, 2.05) is 12.1 Å². The SMILES string of the molecule is C[C@H](NCCc1c[nH]c2ccccc12)c1ccc(S(N)(=O)=O)cc1. The second-order valence-corrected chi connectivity index (χ2v) is 7.46. The van der Waals surface area contributed by atoms with Gasteiger partial charge in [-0.05, 0) is 49.2 Å². The van der Waals surface area contributed by atoms with Crippen LogP contribution in [0, 0.1) is 0 Å². The van der Waals surface area contributed by atoms with Crippen LogP contribution in [-0.2, 0) is 16.4 Å². The average molecular weight is 343 g/mol. The Morgan fingerprint density at radius 3 is 2.54 bits per heavy atom. The summed E-state index contributed by atoms with van der Waals surface area (Å²) in [6, 6.07) is 15.1. The summed E-state index contributed by atoms with van der Waals surface area (Å²) < 4.78 is 22.6. The molecular weight excluding hydrogens is 322 g/mol. The molecular formula is C18H21N3O2S. The molecule has 1 aromatic heterocycles. The van der Waals surface area contributed by atoms with E-state index in [0.717, 1.165) is 24.0 Å². The average Bonchev–Trinajstić information content (AvgIpc) is 2.97. The summed E-state index contributed by atoms with van der Waals surface area (Å²) in [6.45, 7) is 2.89. The molecule has 0 bridgehead atoms. The second kappa shape index (κ2) is 6.76. The highest BCUT2D eigenvalue weighted by Gasteiger charge is 2.10. The van der Waals surface area contributed by atoms with Crippen LogP contribution in [0.4, 0.5) is 0 Å². The third-order valence-electron chi connectivity index (χ3n) is 4.23. The lowest BCUT2D eigenvalue weighted by Crippen LogP contribution is -2.21. The van der Waals surface area contributed by atoms with Crippen LogP contribution in [0.5, 0.6) is 0 Å². The first kappa shape index (κ1) is 16.7. The lowest BCUT2D eigenvalue weighted by atomic mass is 10.1. The number of hydrogen-bond acceptors (Lipinski definition) is 3. The minimum atomic E-state index is -3.64. The van der Waals surface area contributed by atoms with Crippen LogP contribution in [0.2, 0.25) is 0 Å². The molecule has 126 valence electrons. The standard InChI is InChI=1S/C18H21N3O2S/c1-13(14-6-8-16(9-7-14)24(19,22)23)20-11-10-15-12-21-18-5-3-2-4-17(15)18/h2-9,12-13,20-21H,10-11H2,1H3,(H2,19,22,23)/t13-/m0/s1. The van der Waals surface area contributed by atoms with E-state index in [4.69, 9.17) is 5.14 Å². The molecule has 0 aliphatic rings. The summed E-state index contributed by atoms with van der Waals surface area (Å²) in [7, 11) is -3.64. The summed E-state index contributed by atoms with van der Waals surface area (Å²) in [5, 5.41) is 9.84. The van der Waals surface area contributed by atoms with Gasteiger partial charge in [0, 0.05) is 23.1 Å². The van der Waals surface area contributed by atoms with Crippen LogP contribution in [0.1, 0.15) is 24.1 Å². The van der Waals surface area contributed by atoms with Crippen molar-refractivity contribution in [2.45, 2.75) is 24.3 Å². The summed E-state index contributed by atoms with van der Waals surface area (Å²) in [4.78, 5) is 3.42.